The molecule has 0 spiro atoms. The van der Waals surface area contributed by atoms with Gasteiger partial charge < -0.3 is 24.0 Å². The van der Waals surface area contributed by atoms with Gasteiger partial charge in [-0.2, -0.15) is 0 Å². The van der Waals surface area contributed by atoms with E-state index in [0.29, 0.717) is 5.56 Å². The van der Waals surface area contributed by atoms with Crippen molar-refractivity contribution in [2.75, 3.05) is 0 Å². The molecule has 1 aromatic carbocycles. The zero-order valence-corrected chi connectivity index (χ0v) is 11.2. The minimum absolute atomic E-state index is 0. The van der Waals surface area contributed by atoms with Gasteiger partial charge in [0.05, 0.1) is 0 Å². The normalized spacial score (nSPS) is 12.4. The van der Waals surface area contributed by atoms with Crippen molar-refractivity contribution in [3.8, 4) is 5.75 Å². The summed E-state index contributed by atoms with van der Waals surface area (Å²) >= 11 is 0. The standard InChI is InChI=1S/C15H17NO.Li/c1-3-7-13(2)8-6-11-16-12-14-9-4-5-10-15(14)17;/h3-12,17H,1-2H3;/q;-1/b7-3+,11-6+,13-8-,16-12?;. The largest absolute Gasteiger partial charge is 1.00 e. The van der Waals surface area contributed by atoms with E-state index < -0.39 is 0 Å². The first-order valence-electron chi connectivity index (χ1n) is 5.55. The first-order valence-corrected chi connectivity index (χ1v) is 5.55. The van der Waals surface area contributed by atoms with E-state index in [9.17, 15) is 5.11 Å². The summed E-state index contributed by atoms with van der Waals surface area (Å²) in [5.74, 6) is 0.0223. The van der Waals surface area contributed by atoms with Crippen LogP contribution in [-0.2, 0) is 0 Å². The fraction of sp³-hybridized carbons (Fsp3) is 0.133. The van der Waals surface area contributed by atoms with Crippen LogP contribution in [0, 0.1) is 0 Å². The Bertz CT molecular complexity index is 473. The van der Waals surface area contributed by atoms with Crippen LogP contribution in [0.2, 0.25) is 0 Å². The number of allylic oxidation sites excluding steroid dienone is 5. The third-order valence-corrected chi connectivity index (χ3v) is 2.14. The molecular formula is C15H17LiNO-. The minimum atomic E-state index is 0. The van der Waals surface area contributed by atoms with Gasteiger partial charge in [-0.15, -0.1) is 0 Å². The molecule has 0 amide bonds. The topological polar surface area (TPSA) is 37.0 Å². The van der Waals surface area contributed by atoms with Crippen molar-refractivity contribution in [2.45, 2.75) is 13.8 Å². The van der Waals surface area contributed by atoms with Gasteiger partial charge in [0.1, 0.15) is 0 Å². The number of benzene rings is 1. The maximum absolute atomic E-state index is 11.4. The fourth-order valence-electron chi connectivity index (χ4n) is 1.31. The van der Waals surface area contributed by atoms with E-state index in [1.165, 1.54) is 5.57 Å². The van der Waals surface area contributed by atoms with E-state index in [1.807, 2.05) is 44.2 Å². The number of hydrogen-bond acceptors (Lipinski definition) is 1. The van der Waals surface area contributed by atoms with Crippen molar-refractivity contribution in [3.63, 3.8) is 0 Å². The molecule has 0 atom stereocenters. The summed E-state index contributed by atoms with van der Waals surface area (Å²) in [7, 11) is 0. The van der Waals surface area contributed by atoms with Crippen molar-refractivity contribution < 1.29 is 10.1 Å². The molecule has 0 unspecified atom stereocenters. The van der Waals surface area contributed by atoms with Crippen molar-refractivity contribution in [3.05, 3.63) is 65.9 Å². The van der Waals surface area contributed by atoms with Crippen LogP contribution < -0.4 is 10.1 Å². The average molecular weight is 234 g/mol. The second-order valence-electron chi connectivity index (χ2n) is 3.62. The van der Waals surface area contributed by atoms with Crippen LogP contribution in [0.25, 0.3) is 0 Å². The number of nitrogens with one attached hydrogen (secondary N) is 1. The Morgan fingerprint density at radius 3 is 2.67 bits per heavy atom. The summed E-state index contributed by atoms with van der Waals surface area (Å²) < 4.78 is 0. The molecule has 0 aliphatic carbocycles. The Balaban J connectivity index is 0.00000289. The van der Waals surface area contributed by atoms with Crippen LogP contribution in [-0.4, -0.2) is 25.1 Å². The van der Waals surface area contributed by atoms with Crippen molar-refractivity contribution >= 4 is 25.1 Å². The predicted molar refractivity (Wildman–Crippen MR) is 75.5 cm³/mol. The summed E-state index contributed by atoms with van der Waals surface area (Å²) in [4.78, 5) is 2.97. The Kier molecular flexibility index (Phi) is 8.74. The van der Waals surface area contributed by atoms with Gasteiger partial charge in [0.15, 0.2) is 12.4 Å². The van der Waals surface area contributed by atoms with Crippen LogP contribution in [0.15, 0.2) is 60.3 Å². The Hall–Kier alpha value is -1.49. The molecule has 0 fully saturated rings. The van der Waals surface area contributed by atoms with Gasteiger partial charge >= 0.3 is 0 Å². The van der Waals surface area contributed by atoms with Crippen LogP contribution in [0.5, 0.6) is 5.75 Å². The predicted octanol–water partition coefficient (Wildman–Crippen LogP) is 0.915. The van der Waals surface area contributed by atoms with Gasteiger partial charge in [-0.1, -0.05) is 47.7 Å². The van der Waals surface area contributed by atoms with Crippen molar-refractivity contribution in [1.29, 1.82) is 0 Å². The van der Waals surface area contributed by atoms with Crippen LogP contribution in [0.4, 0.5) is 0 Å². The molecule has 2 radical (unpaired) electrons. The monoisotopic (exact) mass is 234 g/mol. The molecule has 3 heteroatoms. The van der Waals surface area contributed by atoms with Gasteiger partial charge in [0.25, 0.3) is 0 Å². The average Bonchev–Trinajstić information content (AvgIpc) is 2.31. The first-order chi connectivity index (χ1) is 8.24. The summed E-state index contributed by atoms with van der Waals surface area (Å²) in [5, 5.41) is 11.4. The number of para-hydroxylation sites is 1. The van der Waals surface area contributed by atoms with Gasteiger partial charge in [-0.05, 0) is 19.9 Å². The molecule has 0 aliphatic rings. The Morgan fingerprint density at radius 2 is 2.00 bits per heavy atom. The third-order valence-electron chi connectivity index (χ3n) is 2.14. The third kappa shape index (κ3) is 6.29. The van der Waals surface area contributed by atoms with E-state index >= 15 is 0 Å². The zero-order valence-electron chi connectivity index (χ0n) is 11.2. The Labute approximate surface area is 121 Å². The summed E-state index contributed by atoms with van der Waals surface area (Å²) in [5.41, 5.74) is 1.83. The summed E-state index contributed by atoms with van der Waals surface area (Å²) in [6.07, 6.45) is 11.4. The molecule has 0 aromatic heterocycles. The molecule has 18 heavy (non-hydrogen) atoms. The molecule has 0 aliphatic heterocycles. The van der Waals surface area contributed by atoms with E-state index in [-0.39, 0.29) is 24.6 Å². The summed E-state index contributed by atoms with van der Waals surface area (Å²) in [6.45, 7) is 4.01. The van der Waals surface area contributed by atoms with Crippen LogP contribution in [0.3, 0.4) is 0 Å². The van der Waals surface area contributed by atoms with Crippen molar-refractivity contribution in [1.82, 2.24) is 0 Å². The minimum Gasteiger partial charge on any atom is -1.00 e. The van der Waals surface area contributed by atoms with E-state index in [0.717, 1.165) is 0 Å². The van der Waals surface area contributed by atoms with Crippen LogP contribution in [0.1, 0.15) is 19.4 Å². The van der Waals surface area contributed by atoms with Gasteiger partial charge in [0.2, 0.25) is 0 Å². The van der Waals surface area contributed by atoms with E-state index in [4.69, 9.17) is 0 Å². The molecule has 0 saturated carbocycles. The molecule has 1 aromatic rings. The SMILES string of the molecule is C/C=C/C(C)=C\C=C\[NH+]=Cc1ccccc1[O-].[Li-]. The maximum Gasteiger partial charge on any atom is 0.173 e. The fourth-order valence-corrected chi connectivity index (χ4v) is 1.31. The van der Waals surface area contributed by atoms with E-state index in [2.05, 4.69) is 4.99 Å². The molecule has 0 bridgehead atoms. The molecule has 90 valence electrons. The molecule has 1 rings (SSSR count). The van der Waals surface area contributed by atoms with E-state index in [1.54, 1.807) is 30.6 Å². The molecular weight excluding hydrogens is 217 g/mol. The first kappa shape index (κ1) is 16.5. The zero-order chi connectivity index (χ0) is 12.5. The van der Waals surface area contributed by atoms with Crippen LogP contribution >= 0.6 is 0 Å². The molecule has 0 heterocycles. The van der Waals surface area contributed by atoms with Gasteiger partial charge in [-0.3, -0.25) is 0 Å². The molecule has 0 saturated heterocycles. The van der Waals surface area contributed by atoms with Gasteiger partial charge in [0, 0.05) is 11.6 Å². The quantitative estimate of drug-likeness (QED) is 0.469. The Morgan fingerprint density at radius 1 is 1.28 bits per heavy atom. The smallest absolute Gasteiger partial charge is 0.173 e. The second-order valence-corrected chi connectivity index (χ2v) is 3.62. The molecule has 2 nitrogen and oxygen atoms in total. The number of rotatable bonds is 4. The molecule has 1 N–H and O–H groups in total. The maximum atomic E-state index is 11.4. The second kappa shape index (κ2) is 9.53. The summed E-state index contributed by atoms with van der Waals surface area (Å²) in [6, 6.07) is 6.91. The van der Waals surface area contributed by atoms with Crippen molar-refractivity contribution in [2.24, 2.45) is 0 Å². The number of hydrogen-bond donors (Lipinski definition) is 1. The van der Waals surface area contributed by atoms with Gasteiger partial charge in [-0.25, -0.2) is 4.99 Å².